The number of hydrogen-bond acceptors (Lipinski definition) is 2. The Balaban J connectivity index is 3.31. The number of hydrazine groups is 1. The zero-order chi connectivity index (χ0) is 14.0. The van der Waals surface area contributed by atoms with Crippen LogP contribution < -0.4 is 11.3 Å². The van der Waals surface area contributed by atoms with Crippen molar-refractivity contribution in [2.45, 2.75) is 39.4 Å². The smallest absolute Gasteiger partial charge is 0.271 e. The van der Waals surface area contributed by atoms with Crippen molar-refractivity contribution in [3.63, 3.8) is 0 Å². The number of alkyl halides is 3. The van der Waals surface area contributed by atoms with E-state index in [1.165, 1.54) is 12.1 Å². The Morgan fingerprint density at radius 2 is 1.78 bits per heavy atom. The van der Waals surface area contributed by atoms with Crippen LogP contribution in [-0.4, -0.2) is 0 Å². The highest BCUT2D eigenvalue weighted by molar-refractivity contribution is 5.33. The highest BCUT2D eigenvalue weighted by atomic mass is 19.4. The molecule has 1 aromatic carbocycles. The number of nitrogens with one attached hydrogen (secondary N) is 1. The first-order chi connectivity index (χ1) is 8.24. The van der Waals surface area contributed by atoms with E-state index in [0.717, 1.165) is 6.07 Å². The van der Waals surface area contributed by atoms with E-state index in [1.807, 2.05) is 20.8 Å². The van der Waals surface area contributed by atoms with Crippen LogP contribution in [0.4, 0.5) is 13.2 Å². The average molecular weight is 260 g/mol. The number of hydrogen-bond donors (Lipinski definition) is 2. The van der Waals surface area contributed by atoms with Gasteiger partial charge >= 0.3 is 6.18 Å². The van der Waals surface area contributed by atoms with Crippen molar-refractivity contribution in [3.05, 3.63) is 35.4 Å². The molecule has 0 aliphatic rings. The van der Waals surface area contributed by atoms with Gasteiger partial charge in [0.2, 0.25) is 0 Å². The fourth-order valence-electron chi connectivity index (χ4n) is 1.95. The van der Waals surface area contributed by atoms with Crippen molar-refractivity contribution in [3.8, 4) is 0 Å². The molecule has 0 heterocycles. The topological polar surface area (TPSA) is 38.0 Å². The van der Waals surface area contributed by atoms with E-state index in [-0.39, 0.29) is 11.0 Å². The van der Waals surface area contributed by atoms with Crippen molar-refractivity contribution < 1.29 is 13.2 Å². The summed E-state index contributed by atoms with van der Waals surface area (Å²) in [6, 6.07) is 5.01. The molecule has 0 aliphatic carbocycles. The van der Waals surface area contributed by atoms with Crippen LogP contribution in [0.25, 0.3) is 0 Å². The van der Waals surface area contributed by atoms with E-state index in [0.29, 0.717) is 6.42 Å². The number of rotatable bonds is 4. The van der Waals surface area contributed by atoms with Gasteiger partial charge in [-0.2, -0.15) is 13.2 Å². The summed E-state index contributed by atoms with van der Waals surface area (Å²) in [6.45, 7) is 5.72. The third-order valence-corrected chi connectivity index (χ3v) is 3.44. The minimum atomic E-state index is -4.37. The van der Waals surface area contributed by atoms with Crippen LogP contribution in [0, 0.1) is 5.41 Å². The molecule has 1 unspecified atom stereocenters. The van der Waals surface area contributed by atoms with Crippen LogP contribution >= 0.6 is 0 Å². The molecule has 0 radical (unpaired) electrons. The van der Waals surface area contributed by atoms with Crippen LogP contribution in [0.2, 0.25) is 0 Å². The molecule has 1 aromatic rings. The molecule has 0 saturated heterocycles. The summed E-state index contributed by atoms with van der Waals surface area (Å²) in [5.74, 6) is 5.46. The van der Waals surface area contributed by atoms with Gasteiger partial charge in [0.05, 0.1) is 11.6 Å². The Morgan fingerprint density at radius 1 is 1.22 bits per heavy atom. The lowest BCUT2D eigenvalue weighted by molar-refractivity contribution is -0.138. The van der Waals surface area contributed by atoms with Gasteiger partial charge in [-0.1, -0.05) is 39.0 Å². The minimum Gasteiger partial charge on any atom is -0.271 e. The van der Waals surface area contributed by atoms with Gasteiger partial charge in [-0.05, 0) is 23.5 Å². The SMILES string of the molecule is CCC(C)(C)C(NN)c1ccccc1C(F)(F)F. The number of benzene rings is 1. The zero-order valence-corrected chi connectivity index (χ0v) is 10.8. The van der Waals surface area contributed by atoms with E-state index >= 15 is 0 Å². The molecule has 0 bridgehead atoms. The fraction of sp³-hybridized carbons (Fsp3) is 0.538. The van der Waals surface area contributed by atoms with Crippen molar-refractivity contribution in [2.24, 2.45) is 11.3 Å². The molecular formula is C13H19F3N2. The van der Waals surface area contributed by atoms with Gasteiger partial charge in [0.25, 0.3) is 0 Å². The molecule has 0 fully saturated rings. The summed E-state index contributed by atoms with van der Waals surface area (Å²) >= 11 is 0. The summed E-state index contributed by atoms with van der Waals surface area (Å²) in [4.78, 5) is 0. The van der Waals surface area contributed by atoms with Crippen LogP contribution in [0.3, 0.4) is 0 Å². The molecule has 102 valence electrons. The minimum absolute atomic E-state index is 0.194. The van der Waals surface area contributed by atoms with Crippen LogP contribution in [0.15, 0.2) is 24.3 Å². The summed E-state index contributed by atoms with van der Waals surface area (Å²) in [5.41, 5.74) is 1.72. The molecule has 0 aliphatic heterocycles. The van der Waals surface area contributed by atoms with Gasteiger partial charge in [0.15, 0.2) is 0 Å². The van der Waals surface area contributed by atoms with Gasteiger partial charge < -0.3 is 0 Å². The Kier molecular flexibility index (Phi) is 4.40. The first-order valence-corrected chi connectivity index (χ1v) is 5.86. The first-order valence-electron chi connectivity index (χ1n) is 5.86. The predicted octanol–water partition coefficient (Wildman–Crippen LogP) is 3.65. The maximum atomic E-state index is 13.0. The summed E-state index contributed by atoms with van der Waals surface area (Å²) in [5, 5.41) is 0. The van der Waals surface area contributed by atoms with Crippen LogP contribution in [-0.2, 0) is 6.18 Å². The van der Waals surface area contributed by atoms with Crippen molar-refractivity contribution in [1.29, 1.82) is 0 Å². The Bertz CT molecular complexity index is 399. The van der Waals surface area contributed by atoms with E-state index in [9.17, 15) is 13.2 Å². The molecule has 1 rings (SSSR count). The first kappa shape index (κ1) is 15.0. The normalized spacial score (nSPS) is 14.6. The standard InChI is InChI=1S/C13H19F3N2/c1-4-12(2,3)11(18-17)9-7-5-6-8-10(9)13(14,15)16/h5-8,11,18H,4,17H2,1-3H3. The predicted molar refractivity (Wildman–Crippen MR) is 65.6 cm³/mol. The molecular weight excluding hydrogens is 241 g/mol. The fourth-order valence-corrected chi connectivity index (χ4v) is 1.95. The van der Waals surface area contributed by atoms with E-state index in [1.54, 1.807) is 6.07 Å². The maximum absolute atomic E-state index is 13.0. The highest BCUT2D eigenvalue weighted by Gasteiger charge is 2.38. The molecule has 3 N–H and O–H groups in total. The lowest BCUT2D eigenvalue weighted by Crippen LogP contribution is -2.39. The van der Waals surface area contributed by atoms with Gasteiger partial charge in [0, 0.05) is 0 Å². The molecule has 0 aromatic heterocycles. The molecule has 0 saturated carbocycles. The molecule has 1 atom stereocenters. The van der Waals surface area contributed by atoms with Gasteiger partial charge in [-0.25, -0.2) is 0 Å². The molecule has 5 heteroatoms. The summed E-state index contributed by atoms with van der Waals surface area (Å²) < 4.78 is 38.9. The number of nitrogens with two attached hydrogens (primary N) is 1. The molecule has 0 spiro atoms. The second-order valence-corrected chi connectivity index (χ2v) is 5.03. The van der Waals surface area contributed by atoms with E-state index in [2.05, 4.69) is 5.43 Å². The van der Waals surface area contributed by atoms with Crippen LogP contribution in [0.5, 0.6) is 0 Å². The lowest BCUT2D eigenvalue weighted by atomic mass is 9.77. The maximum Gasteiger partial charge on any atom is 0.416 e. The van der Waals surface area contributed by atoms with Crippen molar-refractivity contribution >= 4 is 0 Å². The third-order valence-electron chi connectivity index (χ3n) is 3.44. The number of halogens is 3. The molecule has 18 heavy (non-hydrogen) atoms. The quantitative estimate of drug-likeness (QED) is 0.640. The van der Waals surface area contributed by atoms with Crippen molar-refractivity contribution in [1.82, 2.24) is 5.43 Å². The Morgan fingerprint density at radius 3 is 2.22 bits per heavy atom. The summed E-state index contributed by atoms with van der Waals surface area (Å²) in [7, 11) is 0. The summed E-state index contributed by atoms with van der Waals surface area (Å²) in [6.07, 6.45) is -3.65. The van der Waals surface area contributed by atoms with Gasteiger partial charge in [-0.15, -0.1) is 0 Å². The molecule has 2 nitrogen and oxygen atoms in total. The largest absolute Gasteiger partial charge is 0.416 e. The third kappa shape index (κ3) is 3.03. The Labute approximate surface area is 105 Å². The van der Waals surface area contributed by atoms with Crippen molar-refractivity contribution in [2.75, 3.05) is 0 Å². The molecule has 0 amide bonds. The van der Waals surface area contributed by atoms with Gasteiger partial charge in [0.1, 0.15) is 0 Å². The monoisotopic (exact) mass is 260 g/mol. The van der Waals surface area contributed by atoms with E-state index < -0.39 is 17.8 Å². The van der Waals surface area contributed by atoms with Crippen LogP contribution in [0.1, 0.15) is 44.4 Å². The highest BCUT2D eigenvalue weighted by Crippen LogP contribution is 2.41. The van der Waals surface area contributed by atoms with Gasteiger partial charge in [-0.3, -0.25) is 11.3 Å². The lowest BCUT2D eigenvalue weighted by Gasteiger charge is -2.34. The second kappa shape index (κ2) is 5.28. The zero-order valence-electron chi connectivity index (χ0n) is 10.8. The average Bonchev–Trinajstić information content (AvgIpc) is 2.29. The Hall–Kier alpha value is -1.07. The van der Waals surface area contributed by atoms with E-state index in [4.69, 9.17) is 5.84 Å². The second-order valence-electron chi connectivity index (χ2n) is 5.03.